The fourth-order valence-electron chi connectivity index (χ4n) is 1.49. The third-order valence-corrected chi connectivity index (χ3v) is 2.30. The maximum Gasteiger partial charge on any atom is 0.357 e. The zero-order chi connectivity index (χ0) is 13.1. The van der Waals surface area contributed by atoms with Crippen molar-refractivity contribution in [3.05, 3.63) is 47.8 Å². The number of aromatic nitrogens is 2. The molecule has 6 nitrogen and oxygen atoms in total. The maximum atomic E-state index is 11.0. The fourth-order valence-corrected chi connectivity index (χ4v) is 1.49. The van der Waals surface area contributed by atoms with Crippen LogP contribution in [0.1, 0.15) is 21.0 Å². The predicted octanol–water partition coefficient (Wildman–Crippen LogP) is 1.54. The number of carboxylic acids is 2. The van der Waals surface area contributed by atoms with Gasteiger partial charge in [0.05, 0.1) is 0 Å². The van der Waals surface area contributed by atoms with Gasteiger partial charge in [-0.2, -0.15) is 0 Å². The molecule has 0 amide bonds. The van der Waals surface area contributed by atoms with Crippen LogP contribution in [0.2, 0.25) is 0 Å². The molecule has 0 aliphatic heterocycles. The second-order valence-corrected chi connectivity index (χ2v) is 3.47. The molecule has 90 valence electrons. The minimum absolute atomic E-state index is 0.232. The van der Waals surface area contributed by atoms with Gasteiger partial charge in [-0.05, 0) is 11.6 Å². The summed E-state index contributed by atoms with van der Waals surface area (Å²) in [4.78, 5) is 21.8. The highest BCUT2D eigenvalue weighted by Crippen LogP contribution is 2.22. The predicted molar refractivity (Wildman–Crippen MR) is 61.4 cm³/mol. The van der Waals surface area contributed by atoms with E-state index in [0.717, 1.165) is 0 Å². The molecule has 0 aliphatic rings. The summed E-state index contributed by atoms with van der Waals surface area (Å²) in [5, 5.41) is 24.6. The van der Waals surface area contributed by atoms with Gasteiger partial charge in [-0.3, -0.25) is 0 Å². The van der Waals surface area contributed by atoms with E-state index in [1.54, 1.807) is 30.3 Å². The molecule has 6 heteroatoms. The summed E-state index contributed by atoms with van der Waals surface area (Å²) in [7, 11) is 0. The number of hydrogen-bond acceptors (Lipinski definition) is 4. The minimum atomic E-state index is -1.25. The maximum absolute atomic E-state index is 11.0. The van der Waals surface area contributed by atoms with Crippen LogP contribution in [0, 0.1) is 0 Å². The first-order chi connectivity index (χ1) is 8.59. The van der Waals surface area contributed by atoms with Crippen molar-refractivity contribution in [1.29, 1.82) is 0 Å². The van der Waals surface area contributed by atoms with Crippen LogP contribution in [-0.4, -0.2) is 32.3 Å². The van der Waals surface area contributed by atoms with Crippen molar-refractivity contribution in [2.75, 3.05) is 0 Å². The Balaban J connectivity index is 2.65. The number of nitrogens with zero attached hydrogens (tertiary/aromatic N) is 2. The van der Waals surface area contributed by atoms with Gasteiger partial charge in [0.2, 0.25) is 0 Å². The third kappa shape index (κ3) is 2.17. The summed E-state index contributed by atoms with van der Waals surface area (Å²) in [5.41, 5.74) is 0.243. The molecule has 2 aromatic rings. The Morgan fingerprint density at radius 1 is 0.944 bits per heavy atom. The van der Waals surface area contributed by atoms with Crippen LogP contribution in [0.15, 0.2) is 36.4 Å². The molecule has 0 radical (unpaired) electrons. The number of carbonyl (C=O) groups is 2. The van der Waals surface area contributed by atoms with E-state index in [-0.39, 0.29) is 17.0 Å². The van der Waals surface area contributed by atoms with E-state index in [0.29, 0.717) is 5.56 Å². The van der Waals surface area contributed by atoms with E-state index in [9.17, 15) is 9.59 Å². The highest BCUT2D eigenvalue weighted by Gasteiger charge is 2.17. The lowest BCUT2D eigenvalue weighted by Crippen LogP contribution is -2.10. The molecular weight excluding hydrogens is 236 g/mol. The Morgan fingerprint density at radius 3 is 2.17 bits per heavy atom. The topological polar surface area (TPSA) is 100 Å². The van der Waals surface area contributed by atoms with Crippen molar-refractivity contribution in [3.8, 4) is 11.1 Å². The molecule has 2 rings (SSSR count). The van der Waals surface area contributed by atoms with Crippen LogP contribution in [0.3, 0.4) is 0 Å². The van der Waals surface area contributed by atoms with Crippen LogP contribution in [0.5, 0.6) is 0 Å². The van der Waals surface area contributed by atoms with E-state index in [2.05, 4.69) is 10.2 Å². The molecule has 0 spiro atoms. The highest BCUT2D eigenvalue weighted by molar-refractivity contribution is 5.95. The standard InChI is InChI=1S/C12H8N2O4/c15-11(16)9-6-8(7-4-2-1-3-5-7)10(12(17)18)14-13-9/h1-6H,(H,15,16)(H,17,18). The molecule has 0 unspecified atom stereocenters. The van der Waals surface area contributed by atoms with Crippen molar-refractivity contribution in [3.63, 3.8) is 0 Å². The van der Waals surface area contributed by atoms with Crippen LogP contribution in [0.25, 0.3) is 11.1 Å². The van der Waals surface area contributed by atoms with Crippen LogP contribution in [-0.2, 0) is 0 Å². The van der Waals surface area contributed by atoms with Crippen molar-refractivity contribution < 1.29 is 19.8 Å². The smallest absolute Gasteiger partial charge is 0.357 e. The van der Waals surface area contributed by atoms with E-state index in [1.165, 1.54) is 6.07 Å². The number of hydrogen-bond donors (Lipinski definition) is 2. The van der Waals surface area contributed by atoms with Crippen LogP contribution in [0.4, 0.5) is 0 Å². The lowest BCUT2D eigenvalue weighted by Gasteiger charge is -2.05. The molecule has 2 N–H and O–H groups in total. The second-order valence-electron chi connectivity index (χ2n) is 3.47. The van der Waals surface area contributed by atoms with Crippen molar-refractivity contribution in [2.24, 2.45) is 0 Å². The quantitative estimate of drug-likeness (QED) is 0.849. The van der Waals surface area contributed by atoms with Crippen molar-refractivity contribution in [2.45, 2.75) is 0 Å². The molecule has 1 heterocycles. The second kappa shape index (κ2) is 4.62. The summed E-state index contributed by atoms with van der Waals surface area (Å²) in [6, 6.07) is 9.78. The van der Waals surface area contributed by atoms with E-state index >= 15 is 0 Å². The molecule has 0 aliphatic carbocycles. The van der Waals surface area contributed by atoms with Crippen LogP contribution < -0.4 is 0 Å². The van der Waals surface area contributed by atoms with Gasteiger partial charge in [0, 0.05) is 5.56 Å². The fraction of sp³-hybridized carbons (Fsp3) is 0. The number of rotatable bonds is 3. The molecule has 0 fully saturated rings. The largest absolute Gasteiger partial charge is 0.476 e. The molecule has 18 heavy (non-hydrogen) atoms. The normalized spacial score (nSPS) is 10.0. The SMILES string of the molecule is O=C(O)c1cc(-c2ccccc2)c(C(=O)O)nn1. The van der Waals surface area contributed by atoms with Crippen LogP contribution >= 0.6 is 0 Å². The van der Waals surface area contributed by atoms with E-state index < -0.39 is 11.9 Å². The average molecular weight is 244 g/mol. The summed E-state index contributed by atoms with van der Waals surface area (Å²) in [5.74, 6) is -2.50. The minimum Gasteiger partial charge on any atom is -0.476 e. The summed E-state index contributed by atoms with van der Waals surface area (Å²) >= 11 is 0. The molecule has 0 bridgehead atoms. The molecule has 1 aromatic heterocycles. The summed E-state index contributed by atoms with van der Waals surface area (Å²) in [6.07, 6.45) is 0. The number of carboxylic acid groups (broad SMARTS) is 2. The first-order valence-electron chi connectivity index (χ1n) is 4.99. The molecular formula is C12H8N2O4. The van der Waals surface area contributed by atoms with Gasteiger partial charge in [-0.1, -0.05) is 30.3 Å². The van der Waals surface area contributed by atoms with Crippen molar-refractivity contribution in [1.82, 2.24) is 10.2 Å². The molecule has 0 atom stereocenters. The average Bonchev–Trinajstić information content (AvgIpc) is 2.39. The van der Waals surface area contributed by atoms with Gasteiger partial charge >= 0.3 is 11.9 Å². The lowest BCUT2D eigenvalue weighted by molar-refractivity contribution is 0.0669. The first kappa shape index (κ1) is 11.7. The monoisotopic (exact) mass is 244 g/mol. The van der Waals surface area contributed by atoms with Gasteiger partial charge in [0.25, 0.3) is 0 Å². The van der Waals surface area contributed by atoms with Gasteiger partial charge in [0.1, 0.15) is 0 Å². The first-order valence-corrected chi connectivity index (χ1v) is 4.99. The number of aromatic carboxylic acids is 2. The Bertz CT molecular complexity index is 611. The van der Waals surface area contributed by atoms with Gasteiger partial charge in [0.15, 0.2) is 11.4 Å². The Labute approximate surface area is 102 Å². The van der Waals surface area contributed by atoms with E-state index in [1.807, 2.05) is 0 Å². The Morgan fingerprint density at radius 2 is 1.61 bits per heavy atom. The zero-order valence-corrected chi connectivity index (χ0v) is 9.07. The van der Waals surface area contributed by atoms with Crippen molar-refractivity contribution >= 4 is 11.9 Å². The van der Waals surface area contributed by atoms with Gasteiger partial charge in [-0.25, -0.2) is 9.59 Å². The zero-order valence-electron chi connectivity index (χ0n) is 9.07. The number of benzene rings is 1. The molecule has 0 saturated carbocycles. The van der Waals surface area contributed by atoms with Gasteiger partial charge < -0.3 is 10.2 Å². The highest BCUT2D eigenvalue weighted by atomic mass is 16.4. The lowest BCUT2D eigenvalue weighted by atomic mass is 10.0. The summed E-state index contributed by atoms with van der Waals surface area (Å²) in [6.45, 7) is 0. The Kier molecular flexibility index (Phi) is 3.01. The molecule has 1 aromatic carbocycles. The third-order valence-electron chi connectivity index (χ3n) is 2.30. The Hall–Kier alpha value is -2.76. The molecule has 0 saturated heterocycles. The van der Waals surface area contributed by atoms with E-state index in [4.69, 9.17) is 10.2 Å². The summed E-state index contributed by atoms with van der Waals surface area (Å²) < 4.78 is 0. The van der Waals surface area contributed by atoms with Gasteiger partial charge in [-0.15, -0.1) is 10.2 Å².